The first-order valence-electron chi connectivity index (χ1n) is 27.4. The summed E-state index contributed by atoms with van der Waals surface area (Å²) in [6.45, 7) is 6.48. The van der Waals surface area contributed by atoms with E-state index in [9.17, 15) is 14.4 Å². The minimum absolute atomic E-state index is 0.0891. The molecule has 0 aromatic rings. The molecule has 0 saturated heterocycles. The molecule has 65 heavy (non-hydrogen) atoms. The Bertz CT molecular complexity index is 1230. The average molecular weight is 907 g/mol. The zero-order valence-corrected chi connectivity index (χ0v) is 42.7. The highest BCUT2D eigenvalue weighted by atomic mass is 16.6. The smallest absolute Gasteiger partial charge is 0.306 e. The van der Waals surface area contributed by atoms with E-state index in [0.717, 1.165) is 116 Å². The number of hydrogen-bond donors (Lipinski definition) is 0. The molecule has 0 bridgehead atoms. The summed E-state index contributed by atoms with van der Waals surface area (Å²) < 4.78 is 16.8. The van der Waals surface area contributed by atoms with Crippen molar-refractivity contribution in [3.63, 3.8) is 0 Å². The van der Waals surface area contributed by atoms with Crippen molar-refractivity contribution in [3.8, 4) is 0 Å². The van der Waals surface area contributed by atoms with Crippen molar-refractivity contribution < 1.29 is 28.6 Å². The lowest BCUT2D eigenvalue weighted by Crippen LogP contribution is -2.30. The molecule has 6 heteroatoms. The van der Waals surface area contributed by atoms with E-state index in [0.29, 0.717) is 19.3 Å². The third-order valence-electron chi connectivity index (χ3n) is 11.7. The quantitative estimate of drug-likeness (QED) is 0.0262. The summed E-state index contributed by atoms with van der Waals surface area (Å²) >= 11 is 0. The van der Waals surface area contributed by atoms with Gasteiger partial charge in [-0.2, -0.15) is 0 Å². The molecule has 0 aliphatic rings. The molecular weight excluding hydrogens is 805 g/mol. The summed E-state index contributed by atoms with van der Waals surface area (Å²) in [5.41, 5.74) is 0. The van der Waals surface area contributed by atoms with Crippen LogP contribution in [0.4, 0.5) is 0 Å². The summed E-state index contributed by atoms with van der Waals surface area (Å²) in [7, 11) is 0. The SMILES string of the molecule is CC/C=C/C/C=C/C/C=C/CCCCCCCC(=O)O[C@H](COC(=O)CCCCCCC/C=C/C/C=C/CCCCC)COC(=O)CCCCCCCCC/C=C/CCCCCCCC. The number of carbonyl (C=O) groups is 3. The molecule has 0 fully saturated rings. The van der Waals surface area contributed by atoms with Crippen molar-refractivity contribution in [1.29, 1.82) is 0 Å². The number of unbranched alkanes of at least 4 members (excludes halogenated alkanes) is 26. The normalized spacial score (nSPS) is 12.6. The first-order chi connectivity index (χ1) is 32.0. The van der Waals surface area contributed by atoms with Crippen LogP contribution in [0.5, 0.6) is 0 Å². The fourth-order valence-corrected chi connectivity index (χ4v) is 7.54. The van der Waals surface area contributed by atoms with Crippen molar-refractivity contribution >= 4 is 17.9 Å². The number of esters is 3. The first kappa shape index (κ1) is 61.9. The number of rotatable bonds is 49. The van der Waals surface area contributed by atoms with E-state index in [1.165, 1.54) is 109 Å². The van der Waals surface area contributed by atoms with Crippen LogP contribution < -0.4 is 0 Å². The van der Waals surface area contributed by atoms with Crippen molar-refractivity contribution in [1.82, 2.24) is 0 Å². The minimum Gasteiger partial charge on any atom is -0.462 e. The predicted molar refractivity (Wildman–Crippen MR) is 279 cm³/mol. The van der Waals surface area contributed by atoms with E-state index >= 15 is 0 Å². The van der Waals surface area contributed by atoms with Gasteiger partial charge in [-0.3, -0.25) is 14.4 Å². The Kier molecular flexibility index (Phi) is 50.9. The number of carbonyl (C=O) groups excluding carboxylic acids is 3. The van der Waals surface area contributed by atoms with Gasteiger partial charge in [0.2, 0.25) is 0 Å². The van der Waals surface area contributed by atoms with Crippen LogP contribution in [0.2, 0.25) is 0 Å². The van der Waals surface area contributed by atoms with Crippen molar-refractivity contribution in [2.24, 2.45) is 0 Å². The van der Waals surface area contributed by atoms with Crippen LogP contribution in [-0.4, -0.2) is 37.2 Å². The van der Waals surface area contributed by atoms with Gasteiger partial charge >= 0.3 is 17.9 Å². The molecule has 0 rings (SSSR count). The third-order valence-corrected chi connectivity index (χ3v) is 11.7. The van der Waals surface area contributed by atoms with E-state index in [-0.39, 0.29) is 31.1 Å². The standard InChI is InChI=1S/C59H102O6/c1-4-7-10-13-16-19-22-25-28-29-32-34-37-40-43-46-49-52-58(61)64-55-56(65-59(62)53-50-47-44-41-38-35-31-27-24-21-18-15-12-9-6-3)54-63-57(60)51-48-45-42-39-36-33-30-26-23-20-17-14-11-8-5-2/h9,12,17-18,20-21,25-28,30-31,56H,4-8,10-11,13-16,19,22-24,29,32-55H2,1-3H3/b12-9+,20-17+,21-18+,28-25+,30-26+,31-27+/t56-/m1/s1. The molecule has 0 N–H and O–H groups in total. The molecule has 0 radical (unpaired) electrons. The zero-order valence-electron chi connectivity index (χ0n) is 42.7. The predicted octanol–water partition coefficient (Wildman–Crippen LogP) is 18.2. The molecular formula is C59H102O6. The first-order valence-corrected chi connectivity index (χ1v) is 27.4. The van der Waals surface area contributed by atoms with Gasteiger partial charge in [-0.05, 0) is 109 Å². The van der Waals surface area contributed by atoms with E-state index < -0.39 is 6.10 Å². The summed E-state index contributed by atoms with van der Waals surface area (Å²) in [6, 6.07) is 0. The third kappa shape index (κ3) is 51.7. The zero-order chi connectivity index (χ0) is 47.2. The average Bonchev–Trinajstić information content (AvgIpc) is 3.30. The van der Waals surface area contributed by atoms with Crippen LogP contribution in [0.25, 0.3) is 0 Å². The van der Waals surface area contributed by atoms with Crippen LogP contribution in [0.3, 0.4) is 0 Å². The van der Waals surface area contributed by atoms with Gasteiger partial charge in [0.15, 0.2) is 6.10 Å². The fourth-order valence-electron chi connectivity index (χ4n) is 7.54. The van der Waals surface area contributed by atoms with Gasteiger partial charge < -0.3 is 14.2 Å². The molecule has 6 nitrogen and oxygen atoms in total. The molecule has 0 aromatic carbocycles. The molecule has 0 heterocycles. The summed E-state index contributed by atoms with van der Waals surface area (Å²) in [5, 5.41) is 0. The largest absolute Gasteiger partial charge is 0.462 e. The maximum Gasteiger partial charge on any atom is 0.306 e. The Morgan fingerprint density at radius 2 is 0.600 bits per heavy atom. The molecule has 0 aliphatic carbocycles. The van der Waals surface area contributed by atoms with Gasteiger partial charge in [-0.1, -0.05) is 209 Å². The topological polar surface area (TPSA) is 78.9 Å². The summed E-state index contributed by atoms with van der Waals surface area (Å²) in [5.74, 6) is -0.920. The second-order valence-electron chi connectivity index (χ2n) is 18.1. The number of ether oxygens (including phenoxy) is 3. The highest BCUT2D eigenvalue weighted by Crippen LogP contribution is 2.14. The Morgan fingerprint density at radius 3 is 0.985 bits per heavy atom. The summed E-state index contributed by atoms with van der Waals surface area (Å²) in [4.78, 5) is 38.1. The second-order valence-corrected chi connectivity index (χ2v) is 18.1. The molecule has 0 saturated carbocycles. The van der Waals surface area contributed by atoms with Crippen molar-refractivity contribution in [3.05, 3.63) is 72.9 Å². The molecule has 0 aliphatic heterocycles. The lowest BCUT2D eigenvalue weighted by molar-refractivity contribution is -0.167. The molecule has 1 atom stereocenters. The fraction of sp³-hybridized carbons (Fsp3) is 0.746. The molecule has 0 unspecified atom stereocenters. The van der Waals surface area contributed by atoms with Crippen LogP contribution in [0.1, 0.15) is 265 Å². The van der Waals surface area contributed by atoms with Crippen molar-refractivity contribution in [2.75, 3.05) is 13.2 Å². The van der Waals surface area contributed by atoms with E-state index in [2.05, 4.69) is 93.7 Å². The van der Waals surface area contributed by atoms with Gasteiger partial charge in [-0.25, -0.2) is 0 Å². The maximum atomic E-state index is 12.8. The van der Waals surface area contributed by atoms with Crippen LogP contribution in [0, 0.1) is 0 Å². The van der Waals surface area contributed by atoms with Crippen LogP contribution in [-0.2, 0) is 28.6 Å². The molecule has 374 valence electrons. The van der Waals surface area contributed by atoms with Gasteiger partial charge in [0, 0.05) is 19.3 Å². The van der Waals surface area contributed by atoms with Crippen molar-refractivity contribution in [2.45, 2.75) is 271 Å². The lowest BCUT2D eigenvalue weighted by Gasteiger charge is -2.18. The maximum absolute atomic E-state index is 12.8. The lowest BCUT2D eigenvalue weighted by atomic mass is 10.1. The van der Waals surface area contributed by atoms with E-state index in [1.807, 2.05) is 0 Å². The van der Waals surface area contributed by atoms with Crippen LogP contribution >= 0.6 is 0 Å². The highest BCUT2D eigenvalue weighted by molar-refractivity contribution is 5.71. The Morgan fingerprint density at radius 1 is 0.323 bits per heavy atom. The Hall–Kier alpha value is -3.15. The minimum atomic E-state index is -0.792. The van der Waals surface area contributed by atoms with Crippen LogP contribution in [0.15, 0.2) is 72.9 Å². The van der Waals surface area contributed by atoms with E-state index in [1.54, 1.807) is 0 Å². The molecule has 0 aromatic heterocycles. The Balaban J connectivity index is 4.43. The number of allylic oxidation sites excluding steroid dienone is 12. The number of hydrogen-bond acceptors (Lipinski definition) is 6. The second kappa shape index (κ2) is 53.5. The van der Waals surface area contributed by atoms with Gasteiger partial charge in [0.25, 0.3) is 0 Å². The van der Waals surface area contributed by atoms with E-state index in [4.69, 9.17) is 14.2 Å². The molecule has 0 amide bonds. The highest BCUT2D eigenvalue weighted by Gasteiger charge is 2.19. The Labute approximate surface area is 402 Å². The van der Waals surface area contributed by atoms with Gasteiger partial charge in [-0.15, -0.1) is 0 Å². The van der Waals surface area contributed by atoms with Gasteiger partial charge in [0.1, 0.15) is 13.2 Å². The van der Waals surface area contributed by atoms with Gasteiger partial charge in [0.05, 0.1) is 0 Å². The monoisotopic (exact) mass is 907 g/mol. The molecule has 0 spiro atoms. The summed E-state index contributed by atoms with van der Waals surface area (Å²) in [6.07, 6.45) is 67.4.